The molecule has 4 aliphatic rings. The third-order valence-corrected chi connectivity index (χ3v) is 9.96. The molecule has 0 bridgehead atoms. The van der Waals surface area contributed by atoms with Crippen LogP contribution in [0.25, 0.3) is 27.5 Å². The second kappa shape index (κ2) is 10.3. The van der Waals surface area contributed by atoms with Gasteiger partial charge in [0, 0.05) is 45.6 Å². The molecule has 0 N–H and O–H groups in total. The van der Waals surface area contributed by atoms with Crippen LogP contribution in [0.2, 0.25) is 0 Å². The van der Waals surface area contributed by atoms with Crippen molar-refractivity contribution in [2.45, 2.75) is 30.7 Å². The van der Waals surface area contributed by atoms with E-state index in [4.69, 9.17) is 0 Å². The number of nitrogens with zero attached hydrogens (tertiary/aromatic N) is 2. The molecular weight excluding hydrogens is 532 g/mol. The zero-order valence-electron chi connectivity index (χ0n) is 24.6. The van der Waals surface area contributed by atoms with Gasteiger partial charge in [-0.15, -0.1) is 0 Å². The Morgan fingerprint density at radius 3 is 2.25 bits per heavy atom. The van der Waals surface area contributed by atoms with Crippen molar-refractivity contribution in [2.75, 3.05) is 4.90 Å². The van der Waals surface area contributed by atoms with Gasteiger partial charge >= 0.3 is 0 Å². The van der Waals surface area contributed by atoms with E-state index in [0.29, 0.717) is 23.8 Å². The van der Waals surface area contributed by atoms with Crippen LogP contribution in [0, 0.1) is 5.92 Å². The van der Waals surface area contributed by atoms with Gasteiger partial charge in [0.05, 0.1) is 17.1 Å². The fourth-order valence-corrected chi connectivity index (χ4v) is 7.91. The predicted molar refractivity (Wildman–Crippen MR) is 185 cm³/mol. The maximum absolute atomic E-state index is 2.57. The molecule has 9 rings (SSSR count). The van der Waals surface area contributed by atoms with Gasteiger partial charge in [-0.05, 0) is 65.9 Å². The molecule has 0 amide bonds. The summed E-state index contributed by atoms with van der Waals surface area (Å²) < 4.78 is 2.47. The molecule has 2 nitrogen and oxygen atoms in total. The molecule has 1 aliphatic heterocycles. The molecule has 3 aliphatic carbocycles. The Morgan fingerprint density at radius 1 is 0.614 bits per heavy atom. The number of para-hydroxylation sites is 2. The summed E-state index contributed by atoms with van der Waals surface area (Å²) in [5.74, 6) is 1.12. The van der Waals surface area contributed by atoms with Crippen LogP contribution < -0.4 is 4.90 Å². The van der Waals surface area contributed by atoms with Crippen molar-refractivity contribution < 1.29 is 0 Å². The van der Waals surface area contributed by atoms with Gasteiger partial charge in [0.1, 0.15) is 0 Å². The van der Waals surface area contributed by atoms with Gasteiger partial charge in [0.25, 0.3) is 0 Å². The lowest BCUT2D eigenvalue weighted by Gasteiger charge is -2.28. The van der Waals surface area contributed by atoms with Gasteiger partial charge in [0.2, 0.25) is 0 Å². The highest BCUT2D eigenvalue weighted by molar-refractivity contribution is 6.10. The minimum Gasteiger partial charge on any atom is -0.334 e. The first-order chi connectivity index (χ1) is 21.8. The minimum absolute atomic E-state index is 0.329. The standard InChI is InChI=1S/C42H34N2/c1-3-12-29(13-4-1)30-14-11-17-34(26-30)44-40-21-10-8-19-36(40)38-28-32(23-25-42(38)44)31-22-24-41-37(27-31)35-18-7-9-20-39(35)43(41)33-15-5-2-6-16-33/h1-13,15-21,23-28,30-31,35,39H,14,22H2. The average molecular weight is 567 g/mol. The zero-order chi connectivity index (χ0) is 29.0. The van der Waals surface area contributed by atoms with Crippen LogP contribution >= 0.6 is 0 Å². The maximum atomic E-state index is 2.57. The van der Waals surface area contributed by atoms with Crippen LogP contribution in [0.5, 0.6) is 0 Å². The van der Waals surface area contributed by atoms with Gasteiger partial charge in [-0.1, -0.05) is 121 Å². The number of benzene rings is 4. The van der Waals surface area contributed by atoms with Crippen molar-refractivity contribution in [3.8, 4) is 0 Å². The van der Waals surface area contributed by atoms with Crippen LogP contribution in [0.3, 0.4) is 0 Å². The monoisotopic (exact) mass is 566 g/mol. The smallest absolute Gasteiger partial charge is 0.0629 e. The maximum Gasteiger partial charge on any atom is 0.0629 e. The number of hydrogen-bond acceptors (Lipinski definition) is 1. The highest BCUT2D eigenvalue weighted by Crippen LogP contribution is 2.48. The van der Waals surface area contributed by atoms with Gasteiger partial charge in [-0.25, -0.2) is 0 Å². The van der Waals surface area contributed by atoms with E-state index in [2.05, 4.69) is 167 Å². The summed E-state index contributed by atoms with van der Waals surface area (Å²) in [6.07, 6.45) is 23.4. The lowest BCUT2D eigenvalue weighted by Crippen LogP contribution is -2.30. The zero-order valence-corrected chi connectivity index (χ0v) is 24.6. The highest BCUT2D eigenvalue weighted by Gasteiger charge is 2.41. The average Bonchev–Trinajstić information content (AvgIpc) is 3.61. The lowest BCUT2D eigenvalue weighted by atomic mass is 9.83. The van der Waals surface area contributed by atoms with Crippen LogP contribution in [0.15, 0.2) is 169 Å². The molecule has 2 heteroatoms. The molecule has 0 spiro atoms. The predicted octanol–water partition coefficient (Wildman–Crippen LogP) is 10.3. The summed E-state index contributed by atoms with van der Waals surface area (Å²) in [5.41, 5.74) is 10.7. The molecule has 0 saturated carbocycles. The number of anilines is 1. The van der Waals surface area contributed by atoms with Crippen LogP contribution in [0.1, 0.15) is 35.8 Å². The topological polar surface area (TPSA) is 8.17 Å². The molecule has 4 aromatic carbocycles. The summed E-state index contributed by atoms with van der Waals surface area (Å²) in [4.78, 5) is 2.54. The number of hydrogen-bond donors (Lipinski definition) is 0. The van der Waals surface area contributed by atoms with Crippen LogP contribution in [-0.2, 0) is 0 Å². The molecular formula is C42H34N2. The molecule has 0 radical (unpaired) electrons. The second-order valence-corrected chi connectivity index (χ2v) is 12.4. The number of fused-ring (bicyclic) bond motifs is 6. The molecule has 4 atom stereocenters. The summed E-state index contributed by atoms with van der Waals surface area (Å²) in [5, 5.41) is 2.65. The van der Waals surface area contributed by atoms with Crippen LogP contribution in [0.4, 0.5) is 5.69 Å². The first kappa shape index (κ1) is 25.4. The van der Waals surface area contributed by atoms with Crippen molar-refractivity contribution in [3.63, 3.8) is 0 Å². The van der Waals surface area contributed by atoms with Crippen molar-refractivity contribution >= 4 is 33.2 Å². The summed E-state index contributed by atoms with van der Waals surface area (Å²) >= 11 is 0. The van der Waals surface area contributed by atoms with Crippen molar-refractivity contribution in [3.05, 3.63) is 180 Å². The van der Waals surface area contributed by atoms with Gasteiger partial charge in [-0.2, -0.15) is 0 Å². The molecule has 1 fully saturated rings. The molecule has 5 aromatic rings. The molecule has 1 saturated heterocycles. The first-order valence-electron chi connectivity index (χ1n) is 15.9. The Kier molecular flexibility index (Phi) is 5.94. The molecule has 1 aromatic heterocycles. The van der Waals surface area contributed by atoms with E-state index in [0.717, 1.165) is 12.8 Å². The van der Waals surface area contributed by atoms with Crippen LogP contribution in [-0.4, -0.2) is 10.6 Å². The third-order valence-electron chi connectivity index (χ3n) is 9.96. The van der Waals surface area contributed by atoms with Gasteiger partial charge in [-0.3, -0.25) is 0 Å². The Balaban J connectivity index is 1.12. The largest absolute Gasteiger partial charge is 0.334 e. The molecule has 44 heavy (non-hydrogen) atoms. The Bertz CT molecular complexity index is 2080. The fourth-order valence-electron chi connectivity index (χ4n) is 7.91. The van der Waals surface area contributed by atoms with Gasteiger partial charge in [0.15, 0.2) is 0 Å². The number of aromatic nitrogens is 1. The van der Waals surface area contributed by atoms with Crippen molar-refractivity contribution in [2.24, 2.45) is 5.92 Å². The molecule has 2 heterocycles. The molecule has 4 unspecified atom stereocenters. The molecule has 212 valence electrons. The van der Waals surface area contributed by atoms with E-state index in [1.54, 1.807) is 0 Å². The lowest BCUT2D eigenvalue weighted by molar-refractivity contribution is 0.699. The first-order valence-corrected chi connectivity index (χ1v) is 15.9. The number of allylic oxidation sites excluding steroid dienone is 9. The van der Waals surface area contributed by atoms with Crippen molar-refractivity contribution in [1.29, 1.82) is 0 Å². The Labute approximate surface area is 258 Å². The van der Waals surface area contributed by atoms with E-state index in [1.165, 1.54) is 55.6 Å². The SMILES string of the molecule is C1=CC2C3=CC(c4ccc5c(c4)c4ccccc4n5C4=CC(c5ccccc5)CC=C4)CC=C3N(c3ccccc3)C2C=C1. The van der Waals surface area contributed by atoms with E-state index in [-0.39, 0.29) is 0 Å². The number of rotatable bonds is 4. The normalized spacial score (nSPS) is 23.8. The second-order valence-electron chi connectivity index (χ2n) is 12.4. The Hall–Kier alpha value is -5.08. The Morgan fingerprint density at radius 2 is 1.36 bits per heavy atom. The quantitative estimate of drug-likeness (QED) is 0.210. The van der Waals surface area contributed by atoms with E-state index in [9.17, 15) is 0 Å². The summed E-state index contributed by atoms with van der Waals surface area (Å²) in [6, 6.07) is 38.2. The highest BCUT2D eigenvalue weighted by atomic mass is 15.2. The fraction of sp³-hybridized carbons (Fsp3) is 0.143. The summed E-state index contributed by atoms with van der Waals surface area (Å²) in [7, 11) is 0. The minimum atomic E-state index is 0.329. The van der Waals surface area contributed by atoms with E-state index < -0.39 is 0 Å². The van der Waals surface area contributed by atoms with E-state index in [1.807, 2.05) is 0 Å². The van der Waals surface area contributed by atoms with Gasteiger partial charge < -0.3 is 9.47 Å². The van der Waals surface area contributed by atoms with E-state index >= 15 is 0 Å². The third kappa shape index (κ3) is 4.02. The van der Waals surface area contributed by atoms with Crippen molar-refractivity contribution in [1.82, 2.24) is 4.57 Å². The summed E-state index contributed by atoms with van der Waals surface area (Å²) in [6.45, 7) is 0.